The molecule has 1 fully saturated rings. The summed E-state index contributed by atoms with van der Waals surface area (Å²) in [6, 6.07) is -0.211. The standard InChI is InChI=1S/C10H17NO4/c1-14-9(12)4-3-7-5-8(11-6-7)10(13)15-2/h7-8,11H,3-6H2,1-2H3/t7-,8-/m1/s1. The van der Waals surface area contributed by atoms with Crippen LogP contribution in [0.3, 0.4) is 0 Å². The molecule has 0 radical (unpaired) electrons. The van der Waals surface area contributed by atoms with Gasteiger partial charge in [-0.25, -0.2) is 0 Å². The lowest BCUT2D eigenvalue weighted by Crippen LogP contribution is -2.31. The van der Waals surface area contributed by atoms with E-state index >= 15 is 0 Å². The van der Waals surface area contributed by atoms with Crippen molar-refractivity contribution in [3.8, 4) is 0 Å². The smallest absolute Gasteiger partial charge is 0.322 e. The fourth-order valence-corrected chi connectivity index (χ4v) is 1.77. The van der Waals surface area contributed by atoms with Crippen LogP contribution in [0.1, 0.15) is 19.3 Å². The molecule has 0 amide bonds. The number of hydrogen-bond acceptors (Lipinski definition) is 5. The lowest BCUT2D eigenvalue weighted by molar-refractivity contribution is -0.142. The molecule has 15 heavy (non-hydrogen) atoms. The van der Waals surface area contributed by atoms with Gasteiger partial charge in [-0.1, -0.05) is 0 Å². The average molecular weight is 215 g/mol. The van der Waals surface area contributed by atoms with E-state index in [0.717, 1.165) is 19.4 Å². The summed E-state index contributed by atoms with van der Waals surface area (Å²) in [7, 11) is 2.76. The van der Waals surface area contributed by atoms with Gasteiger partial charge in [0.1, 0.15) is 6.04 Å². The van der Waals surface area contributed by atoms with Crippen molar-refractivity contribution in [3.63, 3.8) is 0 Å². The maximum Gasteiger partial charge on any atom is 0.322 e. The zero-order chi connectivity index (χ0) is 11.3. The highest BCUT2D eigenvalue weighted by Crippen LogP contribution is 2.19. The number of hydrogen-bond donors (Lipinski definition) is 1. The number of methoxy groups -OCH3 is 2. The largest absolute Gasteiger partial charge is 0.469 e. The van der Waals surface area contributed by atoms with Crippen molar-refractivity contribution in [1.82, 2.24) is 5.32 Å². The maximum atomic E-state index is 11.2. The first-order valence-corrected chi connectivity index (χ1v) is 5.05. The summed E-state index contributed by atoms with van der Waals surface area (Å²) in [5, 5.41) is 3.07. The molecule has 2 atom stereocenters. The number of carbonyl (C=O) groups excluding carboxylic acids is 2. The molecule has 5 nitrogen and oxygen atoms in total. The third-order valence-electron chi connectivity index (χ3n) is 2.69. The number of carbonyl (C=O) groups is 2. The molecule has 0 saturated carbocycles. The number of esters is 2. The summed E-state index contributed by atoms with van der Waals surface area (Å²) in [4.78, 5) is 22.1. The van der Waals surface area contributed by atoms with Crippen molar-refractivity contribution in [1.29, 1.82) is 0 Å². The molecule has 86 valence electrons. The van der Waals surface area contributed by atoms with Crippen LogP contribution in [0.2, 0.25) is 0 Å². The second kappa shape index (κ2) is 5.70. The SMILES string of the molecule is COC(=O)CC[C@H]1CN[C@@H](C(=O)OC)C1. The number of ether oxygens (including phenoxy) is 2. The highest BCUT2D eigenvalue weighted by Gasteiger charge is 2.29. The monoisotopic (exact) mass is 215 g/mol. The Morgan fingerprint density at radius 1 is 1.33 bits per heavy atom. The quantitative estimate of drug-likeness (QED) is 0.673. The van der Waals surface area contributed by atoms with Crippen molar-refractivity contribution < 1.29 is 19.1 Å². The minimum Gasteiger partial charge on any atom is -0.469 e. The molecular weight excluding hydrogens is 198 g/mol. The summed E-state index contributed by atoms with van der Waals surface area (Å²) in [6.45, 7) is 0.761. The van der Waals surface area contributed by atoms with Crippen molar-refractivity contribution in [3.05, 3.63) is 0 Å². The first kappa shape index (κ1) is 12.0. The van der Waals surface area contributed by atoms with Gasteiger partial charge in [0, 0.05) is 6.42 Å². The molecule has 1 aliphatic heterocycles. The minimum atomic E-state index is -0.226. The van der Waals surface area contributed by atoms with E-state index < -0.39 is 0 Å². The third kappa shape index (κ3) is 3.51. The predicted molar refractivity (Wildman–Crippen MR) is 53.2 cm³/mol. The van der Waals surface area contributed by atoms with Gasteiger partial charge in [-0.15, -0.1) is 0 Å². The van der Waals surface area contributed by atoms with E-state index in [9.17, 15) is 9.59 Å². The highest BCUT2D eigenvalue weighted by molar-refractivity contribution is 5.76. The van der Waals surface area contributed by atoms with Crippen LogP contribution in [0.25, 0.3) is 0 Å². The molecule has 5 heteroatoms. The van der Waals surface area contributed by atoms with Crippen molar-refractivity contribution in [2.24, 2.45) is 5.92 Å². The summed E-state index contributed by atoms with van der Waals surface area (Å²) in [5.74, 6) is -0.0692. The van der Waals surface area contributed by atoms with Gasteiger partial charge in [0.05, 0.1) is 14.2 Å². The lowest BCUT2D eigenvalue weighted by Gasteiger charge is -2.07. The van der Waals surface area contributed by atoms with Crippen LogP contribution in [-0.4, -0.2) is 38.7 Å². The molecule has 0 aromatic rings. The zero-order valence-electron chi connectivity index (χ0n) is 9.12. The van der Waals surface area contributed by atoms with Gasteiger partial charge in [0.2, 0.25) is 0 Å². The van der Waals surface area contributed by atoms with Gasteiger partial charge in [-0.2, -0.15) is 0 Å². The van der Waals surface area contributed by atoms with E-state index in [0.29, 0.717) is 12.3 Å². The fourth-order valence-electron chi connectivity index (χ4n) is 1.77. The Hall–Kier alpha value is -1.10. The molecule has 1 aliphatic rings. The van der Waals surface area contributed by atoms with E-state index in [1.807, 2.05) is 0 Å². The molecule has 1 saturated heterocycles. The zero-order valence-corrected chi connectivity index (χ0v) is 9.12. The molecule has 0 spiro atoms. The van der Waals surface area contributed by atoms with E-state index in [1.165, 1.54) is 14.2 Å². The molecule has 0 unspecified atom stereocenters. The van der Waals surface area contributed by atoms with Crippen LogP contribution in [-0.2, 0) is 19.1 Å². The van der Waals surface area contributed by atoms with Gasteiger partial charge in [0.15, 0.2) is 0 Å². The van der Waals surface area contributed by atoms with Crippen molar-refractivity contribution in [2.45, 2.75) is 25.3 Å². The second-order valence-corrected chi connectivity index (χ2v) is 3.70. The van der Waals surface area contributed by atoms with Crippen LogP contribution in [0.15, 0.2) is 0 Å². The second-order valence-electron chi connectivity index (χ2n) is 3.70. The molecule has 0 bridgehead atoms. The number of nitrogens with one attached hydrogen (secondary N) is 1. The van der Waals surface area contributed by atoms with E-state index in [2.05, 4.69) is 14.8 Å². The Morgan fingerprint density at radius 2 is 2.07 bits per heavy atom. The van der Waals surface area contributed by atoms with Crippen LogP contribution in [0.5, 0.6) is 0 Å². The molecule has 1 N–H and O–H groups in total. The van der Waals surface area contributed by atoms with Gasteiger partial charge in [0.25, 0.3) is 0 Å². The molecule has 0 aromatic carbocycles. The molecule has 0 aliphatic carbocycles. The van der Waals surface area contributed by atoms with E-state index in [4.69, 9.17) is 0 Å². The van der Waals surface area contributed by atoms with Crippen LogP contribution in [0.4, 0.5) is 0 Å². The van der Waals surface area contributed by atoms with Gasteiger partial charge < -0.3 is 14.8 Å². The van der Waals surface area contributed by atoms with E-state index in [1.54, 1.807) is 0 Å². The van der Waals surface area contributed by atoms with Crippen molar-refractivity contribution >= 4 is 11.9 Å². The topological polar surface area (TPSA) is 64.6 Å². The normalized spacial score (nSPS) is 24.9. The van der Waals surface area contributed by atoms with Gasteiger partial charge in [-0.05, 0) is 25.3 Å². The summed E-state index contributed by atoms with van der Waals surface area (Å²) < 4.78 is 9.19. The Bertz CT molecular complexity index is 242. The van der Waals surface area contributed by atoms with Gasteiger partial charge >= 0.3 is 11.9 Å². The lowest BCUT2D eigenvalue weighted by atomic mass is 10.00. The van der Waals surface area contributed by atoms with E-state index in [-0.39, 0.29) is 18.0 Å². The Balaban J connectivity index is 2.24. The minimum absolute atomic E-state index is 0.198. The summed E-state index contributed by atoms with van der Waals surface area (Å²) in [5.41, 5.74) is 0. The van der Waals surface area contributed by atoms with Gasteiger partial charge in [-0.3, -0.25) is 9.59 Å². The molecule has 1 rings (SSSR count). The van der Waals surface area contributed by atoms with Crippen molar-refractivity contribution in [2.75, 3.05) is 20.8 Å². The Labute approximate surface area is 89.1 Å². The van der Waals surface area contributed by atoms with Crippen LogP contribution < -0.4 is 5.32 Å². The first-order chi connectivity index (χ1) is 7.17. The molecule has 0 aromatic heterocycles. The average Bonchev–Trinajstić information content (AvgIpc) is 2.73. The molecule has 1 heterocycles. The van der Waals surface area contributed by atoms with Crippen LogP contribution >= 0.6 is 0 Å². The fraction of sp³-hybridized carbons (Fsp3) is 0.800. The van der Waals surface area contributed by atoms with Crippen LogP contribution in [0, 0.1) is 5.92 Å². The Kier molecular flexibility index (Phi) is 4.55. The predicted octanol–water partition coefficient (Wildman–Crippen LogP) is 0.0907. The maximum absolute atomic E-state index is 11.2. The first-order valence-electron chi connectivity index (χ1n) is 5.05. The Morgan fingerprint density at radius 3 is 2.67 bits per heavy atom. The summed E-state index contributed by atoms with van der Waals surface area (Å²) >= 11 is 0. The summed E-state index contributed by atoms with van der Waals surface area (Å²) in [6.07, 6.45) is 1.91. The third-order valence-corrected chi connectivity index (χ3v) is 2.69. The number of rotatable bonds is 4. The highest BCUT2D eigenvalue weighted by atomic mass is 16.5. The molecular formula is C10H17NO4.